The van der Waals surface area contributed by atoms with Crippen molar-refractivity contribution in [3.63, 3.8) is 0 Å². The van der Waals surface area contributed by atoms with E-state index in [0.29, 0.717) is 41.6 Å². The van der Waals surface area contributed by atoms with Gasteiger partial charge in [0.25, 0.3) is 0 Å². The van der Waals surface area contributed by atoms with Gasteiger partial charge in [0.1, 0.15) is 24.3 Å². The minimum atomic E-state index is -1.23. The Bertz CT molecular complexity index is 1260. The number of hydrogen-bond acceptors (Lipinski definition) is 7. The van der Waals surface area contributed by atoms with E-state index in [-0.39, 0.29) is 49.2 Å². The lowest BCUT2D eigenvalue weighted by Gasteiger charge is -2.40. The van der Waals surface area contributed by atoms with Gasteiger partial charge in [-0.3, -0.25) is 14.4 Å². The van der Waals surface area contributed by atoms with E-state index in [9.17, 15) is 29.0 Å². The molecule has 2 aromatic rings. The first kappa shape index (κ1) is 28.3. The van der Waals surface area contributed by atoms with Crippen molar-refractivity contribution in [2.45, 2.75) is 50.4 Å². The zero-order valence-electron chi connectivity index (χ0n) is 21.9. The number of nitrogens with one attached hydrogen (secondary N) is 1. The van der Waals surface area contributed by atoms with Gasteiger partial charge in [-0.05, 0) is 48.7 Å². The predicted molar refractivity (Wildman–Crippen MR) is 140 cm³/mol. The quantitative estimate of drug-likeness (QED) is 0.373. The Balaban J connectivity index is 1.76. The fraction of sp³-hybridized carbons (Fsp3) is 0.414. The molecule has 1 aliphatic heterocycles. The molecule has 0 bridgehead atoms. The summed E-state index contributed by atoms with van der Waals surface area (Å²) in [6.45, 7) is 1.77. The van der Waals surface area contributed by atoms with Crippen molar-refractivity contribution in [2.24, 2.45) is 0 Å². The van der Waals surface area contributed by atoms with Crippen LogP contribution in [0, 0.1) is 5.82 Å². The van der Waals surface area contributed by atoms with Crippen molar-refractivity contribution >= 4 is 18.1 Å². The van der Waals surface area contributed by atoms with Gasteiger partial charge in [-0.1, -0.05) is 19.1 Å². The van der Waals surface area contributed by atoms with Gasteiger partial charge >= 0.3 is 0 Å². The molecule has 208 valence electrons. The number of amides is 2. The predicted octanol–water partition coefficient (Wildman–Crippen LogP) is 2.14. The highest BCUT2D eigenvalue weighted by Crippen LogP contribution is 2.51. The Morgan fingerprint density at radius 2 is 2.05 bits per heavy atom. The zero-order chi connectivity index (χ0) is 28.1. The fourth-order valence-corrected chi connectivity index (χ4v) is 5.30. The number of carbonyl (C=O) groups is 3. The fourth-order valence-electron chi connectivity index (χ4n) is 5.30. The van der Waals surface area contributed by atoms with E-state index in [4.69, 9.17) is 9.47 Å². The molecule has 0 fully saturated rings. The first-order valence-electron chi connectivity index (χ1n) is 13.0. The van der Waals surface area contributed by atoms with Crippen molar-refractivity contribution in [2.75, 3.05) is 26.8 Å². The van der Waals surface area contributed by atoms with Gasteiger partial charge in [-0.2, -0.15) is 0 Å². The number of halogens is 1. The van der Waals surface area contributed by atoms with E-state index >= 15 is 0 Å². The maximum atomic E-state index is 13.8. The summed E-state index contributed by atoms with van der Waals surface area (Å²) in [6, 6.07) is 8.28. The lowest BCUT2D eigenvalue weighted by Crippen LogP contribution is -2.56. The SMILES string of the molecule is CCCC(=O)N(CCc1cccc(F)c1)C1C=C(C(=O)NCCO)C2c3cc(C=O)cc(OC)c3OC2C1O. The van der Waals surface area contributed by atoms with Gasteiger partial charge in [-0.15, -0.1) is 0 Å². The number of carbonyl (C=O) groups excluding carboxylic acids is 3. The number of rotatable bonds is 11. The van der Waals surface area contributed by atoms with Crippen molar-refractivity contribution < 1.29 is 38.5 Å². The highest BCUT2D eigenvalue weighted by molar-refractivity contribution is 5.96. The number of methoxy groups -OCH3 is 1. The van der Waals surface area contributed by atoms with Crippen LogP contribution in [-0.4, -0.2) is 78.3 Å². The average molecular weight is 541 g/mol. The summed E-state index contributed by atoms with van der Waals surface area (Å²) in [5, 5.41) is 23.5. The normalized spacial score (nSPS) is 21.2. The number of fused-ring (bicyclic) bond motifs is 3. The molecule has 0 radical (unpaired) electrons. The molecule has 0 aromatic heterocycles. The van der Waals surface area contributed by atoms with E-state index in [1.165, 1.54) is 30.2 Å². The first-order valence-corrected chi connectivity index (χ1v) is 13.0. The molecule has 39 heavy (non-hydrogen) atoms. The second kappa shape index (κ2) is 12.4. The molecule has 0 spiro atoms. The van der Waals surface area contributed by atoms with E-state index in [1.807, 2.05) is 6.92 Å². The summed E-state index contributed by atoms with van der Waals surface area (Å²) in [4.78, 5) is 39.7. The second-order valence-electron chi connectivity index (χ2n) is 9.62. The number of aliphatic hydroxyl groups is 2. The summed E-state index contributed by atoms with van der Waals surface area (Å²) in [6.07, 6.45) is 1.17. The number of ether oxygens (including phenoxy) is 2. The summed E-state index contributed by atoms with van der Waals surface area (Å²) in [5.74, 6) is -1.25. The molecule has 3 N–H and O–H groups in total. The topological polar surface area (TPSA) is 125 Å². The Hall–Kier alpha value is -3.76. The Morgan fingerprint density at radius 1 is 1.26 bits per heavy atom. The van der Waals surface area contributed by atoms with Gasteiger partial charge in [-0.25, -0.2) is 4.39 Å². The molecular formula is C29H33FN2O7. The van der Waals surface area contributed by atoms with Crippen LogP contribution in [0.3, 0.4) is 0 Å². The monoisotopic (exact) mass is 540 g/mol. The first-order chi connectivity index (χ1) is 18.8. The molecule has 1 aliphatic carbocycles. The van der Waals surface area contributed by atoms with Crippen molar-refractivity contribution in [3.05, 3.63) is 70.6 Å². The zero-order valence-corrected chi connectivity index (χ0v) is 21.9. The number of aliphatic hydroxyl groups excluding tert-OH is 2. The minimum Gasteiger partial charge on any atom is -0.493 e. The van der Waals surface area contributed by atoms with Crippen LogP contribution < -0.4 is 14.8 Å². The minimum absolute atomic E-state index is 0.00421. The van der Waals surface area contributed by atoms with Crippen LogP contribution in [0.25, 0.3) is 0 Å². The van der Waals surface area contributed by atoms with E-state index in [1.54, 1.807) is 24.3 Å². The summed E-state index contributed by atoms with van der Waals surface area (Å²) < 4.78 is 25.4. The highest BCUT2D eigenvalue weighted by atomic mass is 19.1. The van der Waals surface area contributed by atoms with Crippen molar-refractivity contribution in [1.82, 2.24) is 10.2 Å². The van der Waals surface area contributed by atoms with E-state index < -0.39 is 30.1 Å². The number of benzene rings is 2. The largest absolute Gasteiger partial charge is 0.493 e. The van der Waals surface area contributed by atoms with Crippen LogP contribution in [0.1, 0.15) is 47.2 Å². The molecule has 1 heterocycles. The number of hydrogen-bond donors (Lipinski definition) is 3. The lowest BCUT2D eigenvalue weighted by atomic mass is 9.77. The van der Waals surface area contributed by atoms with Crippen molar-refractivity contribution in [1.29, 1.82) is 0 Å². The summed E-state index contributed by atoms with van der Waals surface area (Å²) in [7, 11) is 1.43. The molecule has 2 aliphatic rings. The Labute approximate surface area is 226 Å². The Kier molecular flexibility index (Phi) is 8.98. The molecule has 4 atom stereocenters. The maximum absolute atomic E-state index is 13.8. The van der Waals surface area contributed by atoms with Gasteiger partial charge in [0, 0.05) is 36.2 Å². The van der Waals surface area contributed by atoms with Gasteiger partial charge in [0.15, 0.2) is 11.5 Å². The lowest BCUT2D eigenvalue weighted by molar-refractivity contribution is -0.137. The smallest absolute Gasteiger partial charge is 0.247 e. The molecule has 0 saturated heterocycles. The summed E-state index contributed by atoms with van der Waals surface area (Å²) in [5.41, 5.74) is 1.76. The molecule has 4 rings (SSSR count). The second-order valence-corrected chi connectivity index (χ2v) is 9.62. The summed E-state index contributed by atoms with van der Waals surface area (Å²) >= 11 is 0. The molecule has 10 heteroatoms. The highest BCUT2D eigenvalue weighted by Gasteiger charge is 2.51. The maximum Gasteiger partial charge on any atom is 0.247 e. The Morgan fingerprint density at radius 3 is 2.72 bits per heavy atom. The molecule has 2 amide bonds. The van der Waals surface area contributed by atoms with Crippen LogP contribution in [0.4, 0.5) is 4.39 Å². The van der Waals surface area contributed by atoms with E-state index in [2.05, 4.69) is 5.32 Å². The third kappa shape index (κ3) is 5.81. The molecule has 0 saturated carbocycles. The van der Waals surface area contributed by atoms with Crippen LogP contribution >= 0.6 is 0 Å². The van der Waals surface area contributed by atoms with Crippen LogP contribution in [0.2, 0.25) is 0 Å². The average Bonchev–Trinajstić information content (AvgIpc) is 3.32. The van der Waals surface area contributed by atoms with Crippen LogP contribution in [0.15, 0.2) is 48.0 Å². The van der Waals surface area contributed by atoms with Crippen LogP contribution in [-0.2, 0) is 16.0 Å². The molecule has 4 unspecified atom stereocenters. The standard InChI is InChI=1S/C29H33FN2O7/c1-3-5-24(35)32(10-8-17-6-4-7-19(30)12-17)22-15-21(29(37)31-9-11-33)25-20-13-18(16-34)14-23(38-2)27(20)39-28(25)26(22)36/h4,6-7,12-16,22,25-26,28,33,36H,3,5,8-11H2,1-2H3,(H,31,37). The van der Waals surface area contributed by atoms with Gasteiger partial charge in [0.05, 0.1) is 25.7 Å². The third-order valence-electron chi connectivity index (χ3n) is 7.09. The molecule has 9 nitrogen and oxygen atoms in total. The molecule has 2 aromatic carbocycles. The van der Waals surface area contributed by atoms with Crippen LogP contribution in [0.5, 0.6) is 11.5 Å². The van der Waals surface area contributed by atoms with Gasteiger partial charge in [0.2, 0.25) is 11.8 Å². The van der Waals surface area contributed by atoms with Crippen molar-refractivity contribution in [3.8, 4) is 11.5 Å². The van der Waals surface area contributed by atoms with Gasteiger partial charge < -0.3 is 29.9 Å². The number of aldehydes is 1. The number of nitrogens with zero attached hydrogens (tertiary/aromatic N) is 1. The third-order valence-corrected chi connectivity index (χ3v) is 7.09. The molecular weight excluding hydrogens is 507 g/mol. The van der Waals surface area contributed by atoms with E-state index in [0.717, 1.165) is 0 Å².